The molecule has 0 unspecified atom stereocenters. The maximum Gasteiger partial charge on any atom is 0.331 e. The van der Waals surface area contributed by atoms with Gasteiger partial charge in [-0.3, -0.25) is 0 Å². The molecule has 0 bridgehead atoms. The zero-order chi connectivity index (χ0) is 20.0. The van der Waals surface area contributed by atoms with Crippen LogP contribution in [-0.2, 0) is 9.53 Å². The number of ether oxygens (including phenoxy) is 4. The van der Waals surface area contributed by atoms with Crippen LogP contribution in [0.5, 0.6) is 17.2 Å². The maximum atomic E-state index is 12.2. The molecular formula is C22H32O5. The standard InChI is InChI=1S/C22H32O5/c1-22(2,3)16-8-10-17(11-9-16)27-20(23)12-7-15-13-18(24-4)21(26-6)19(14-15)25-5/h7,12-14,16-17H,8-11H2,1-6H3/b12-7+. The number of hydrogen-bond acceptors (Lipinski definition) is 5. The van der Waals surface area contributed by atoms with Gasteiger partial charge in [0.25, 0.3) is 0 Å². The molecule has 5 nitrogen and oxygen atoms in total. The Morgan fingerprint density at radius 1 is 0.963 bits per heavy atom. The predicted octanol–water partition coefficient (Wildman–Crippen LogP) is 4.87. The number of benzene rings is 1. The maximum absolute atomic E-state index is 12.2. The summed E-state index contributed by atoms with van der Waals surface area (Å²) in [5.41, 5.74) is 1.10. The van der Waals surface area contributed by atoms with Gasteiger partial charge in [-0.2, -0.15) is 0 Å². The number of carbonyl (C=O) groups is 1. The Kier molecular flexibility index (Phi) is 7.17. The fourth-order valence-electron chi connectivity index (χ4n) is 3.61. The first-order chi connectivity index (χ1) is 12.8. The molecule has 150 valence electrons. The molecular weight excluding hydrogens is 344 g/mol. The largest absolute Gasteiger partial charge is 0.493 e. The molecule has 2 rings (SSSR count). The zero-order valence-electron chi connectivity index (χ0n) is 17.3. The molecule has 0 radical (unpaired) electrons. The molecule has 0 N–H and O–H groups in total. The van der Waals surface area contributed by atoms with Crippen molar-refractivity contribution < 1.29 is 23.7 Å². The van der Waals surface area contributed by atoms with E-state index in [1.54, 1.807) is 39.5 Å². The van der Waals surface area contributed by atoms with Crippen molar-refractivity contribution in [3.63, 3.8) is 0 Å². The van der Waals surface area contributed by atoms with E-state index in [0.717, 1.165) is 31.2 Å². The molecule has 0 aromatic heterocycles. The number of esters is 1. The molecule has 27 heavy (non-hydrogen) atoms. The number of hydrogen-bond donors (Lipinski definition) is 0. The number of carbonyl (C=O) groups excluding carboxylic acids is 1. The highest BCUT2D eigenvalue weighted by Crippen LogP contribution is 2.39. The molecule has 5 heteroatoms. The lowest BCUT2D eigenvalue weighted by molar-refractivity contribution is -0.145. The quantitative estimate of drug-likeness (QED) is 0.523. The first-order valence-corrected chi connectivity index (χ1v) is 9.47. The molecule has 0 spiro atoms. The van der Waals surface area contributed by atoms with Gasteiger partial charge in [0, 0.05) is 6.08 Å². The molecule has 0 amide bonds. The molecule has 1 fully saturated rings. The molecule has 0 atom stereocenters. The van der Waals surface area contributed by atoms with Gasteiger partial charge in [0.2, 0.25) is 5.75 Å². The fourth-order valence-corrected chi connectivity index (χ4v) is 3.61. The zero-order valence-corrected chi connectivity index (χ0v) is 17.3. The highest BCUT2D eigenvalue weighted by Gasteiger charge is 2.30. The van der Waals surface area contributed by atoms with E-state index in [-0.39, 0.29) is 12.1 Å². The second-order valence-electron chi connectivity index (χ2n) is 8.07. The van der Waals surface area contributed by atoms with Crippen LogP contribution in [0.15, 0.2) is 18.2 Å². The van der Waals surface area contributed by atoms with Crippen LogP contribution in [0.3, 0.4) is 0 Å². The van der Waals surface area contributed by atoms with E-state index < -0.39 is 0 Å². The second kappa shape index (κ2) is 9.16. The lowest BCUT2D eigenvalue weighted by atomic mass is 9.72. The van der Waals surface area contributed by atoms with E-state index in [1.165, 1.54) is 6.08 Å². The Morgan fingerprint density at radius 2 is 1.52 bits per heavy atom. The average molecular weight is 376 g/mol. The van der Waals surface area contributed by atoms with Crippen molar-refractivity contribution in [1.82, 2.24) is 0 Å². The van der Waals surface area contributed by atoms with Crippen LogP contribution in [-0.4, -0.2) is 33.4 Å². The van der Waals surface area contributed by atoms with Gasteiger partial charge in [-0.25, -0.2) is 4.79 Å². The van der Waals surface area contributed by atoms with Gasteiger partial charge >= 0.3 is 5.97 Å². The average Bonchev–Trinajstić information content (AvgIpc) is 2.65. The van der Waals surface area contributed by atoms with E-state index in [2.05, 4.69) is 20.8 Å². The molecule has 1 saturated carbocycles. The highest BCUT2D eigenvalue weighted by atomic mass is 16.5. The lowest BCUT2D eigenvalue weighted by Gasteiger charge is -2.36. The lowest BCUT2D eigenvalue weighted by Crippen LogP contribution is -2.30. The normalized spacial score (nSPS) is 20.4. The van der Waals surface area contributed by atoms with Gasteiger partial charge in [0.1, 0.15) is 6.10 Å². The van der Waals surface area contributed by atoms with Crippen molar-refractivity contribution in [3.8, 4) is 17.2 Å². The van der Waals surface area contributed by atoms with E-state index in [0.29, 0.717) is 28.6 Å². The first-order valence-electron chi connectivity index (χ1n) is 9.47. The minimum Gasteiger partial charge on any atom is -0.493 e. The number of rotatable bonds is 6. The van der Waals surface area contributed by atoms with E-state index in [9.17, 15) is 4.79 Å². The Morgan fingerprint density at radius 3 is 1.96 bits per heavy atom. The molecule has 1 aliphatic rings. The summed E-state index contributed by atoms with van der Waals surface area (Å²) in [6, 6.07) is 3.58. The Hall–Kier alpha value is -2.17. The van der Waals surface area contributed by atoms with E-state index in [4.69, 9.17) is 18.9 Å². The summed E-state index contributed by atoms with van der Waals surface area (Å²) in [5.74, 6) is 2.00. The summed E-state index contributed by atoms with van der Waals surface area (Å²) in [6.07, 6.45) is 7.26. The van der Waals surface area contributed by atoms with Gasteiger partial charge < -0.3 is 18.9 Å². The predicted molar refractivity (Wildman–Crippen MR) is 106 cm³/mol. The third kappa shape index (κ3) is 5.65. The Balaban J connectivity index is 1.97. The van der Waals surface area contributed by atoms with E-state index in [1.807, 2.05) is 0 Å². The van der Waals surface area contributed by atoms with Gasteiger partial charge in [0.05, 0.1) is 21.3 Å². The van der Waals surface area contributed by atoms with E-state index >= 15 is 0 Å². The van der Waals surface area contributed by atoms with Crippen LogP contribution in [0.2, 0.25) is 0 Å². The van der Waals surface area contributed by atoms with Crippen LogP contribution < -0.4 is 14.2 Å². The monoisotopic (exact) mass is 376 g/mol. The second-order valence-corrected chi connectivity index (χ2v) is 8.07. The van der Waals surface area contributed by atoms with Crippen molar-refractivity contribution in [2.24, 2.45) is 11.3 Å². The molecule has 0 aliphatic heterocycles. The van der Waals surface area contributed by atoms with Gasteiger partial charge in [-0.1, -0.05) is 20.8 Å². The summed E-state index contributed by atoms with van der Waals surface area (Å²) in [7, 11) is 4.68. The highest BCUT2D eigenvalue weighted by molar-refractivity contribution is 5.87. The first kappa shape index (κ1) is 21.1. The van der Waals surface area contributed by atoms with Crippen LogP contribution >= 0.6 is 0 Å². The summed E-state index contributed by atoms with van der Waals surface area (Å²) in [5, 5.41) is 0. The minimum absolute atomic E-state index is 0.0145. The fraction of sp³-hybridized carbons (Fsp3) is 0.591. The van der Waals surface area contributed by atoms with Gasteiger partial charge in [-0.15, -0.1) is 0 Å². The molecule has 1 aliphatic carbocycles. The summed E-state index contributed by atoms with van der Waals surface area (Å²) in [4.78, 5) is 12.2. The van der Waals surface area contributed by atoms with Crippen LogP contribution in [0, 0.1) is 11.3 Å². The van der Waals surface area contributed by atoms with Crippen LogP contribution in [0.4, 0.5) is 0 Å². The Bertz CT molecular complexity index is 639. The SMILES string of the molecule is COc1cc(/C=C/C(=O)OC2CCC(C(C)(C)C)CC2)cc(OC)c1OC. The van der Waals surface area contributed by atoms with Crippen molar-refractivity contribution in [1.29, 1.82) is 0 Å². The third-order valence-corrected chi connectivity index (χ3v) is 5.28. The summed E-state index contributed by atoms with van der Waals surface area (Å²) >= 11 is 0. The van der Waals surface area contributed by atoms with Crippen molar-refractivity contribution in [3.05, 3.63) is 23.8 Å². The number of methoxy groups -OCH3 is 3. The molecule has 0 heterocycles. The summed E-state index contributed by atoms with van der Waals surface area (Å²) < 4.78 is 21.6. The summed E-state index contributed by atoms with van der Waals surface area (Å²) in [6.45, 7) is 6.85. The van der Waals surface area contributed by atoms with Gasteiger partial charge in [0.15, 0.2) is 11.5 Å². The topological polar surface area (TPSA) is 54.0 Å². The molecule has 1 aromatic carbocycles. The van der Waals surface area contributed by atoms with Crippen LogP contribution in [0.25, 0.3) is 6.08 Å². The van der Waals surface area contributed by atoms with Crippen molar-refractivity contribution >= 4 is 12.0 Å². The van der Waals surface area contributed by atoms with Crippen molar-refractivity contribution in [2.45, 2.75) is 52.6 Å². The molecule has 1 aromatic rings. The molecule has 0 saturated heterocycles. The smallest absolute Gasteiger partial charge is 0.331 e. The third-order valence-electron chi connectivity index (χ3n) is 5.28. The van der Waals surface area contributed by atoms with Crippen LogP contribution in [0.1, 0.15) is 52.0 Å². The van der Waals surface area contributed by atoms with Gasteiger partial charge in [-0.05, 0) is 60.8 Å². The van der Waals surface area contributed by atoms with Crippen molar-refractivity contribution in [2.75, 3.05) is 21.3 Å². The minimum atomic E-state index is -0.317. The Labute approximate surface area is 162 Å².